The van der Waals surface area contributed by atoms with Gasteiger partial charge in [0, 0.05) is 11.5 Å². The van der Waals surface area contributed by atoms with Gasteiger partial charge in [0.2, 0.25) is 0 Å². The van der Waals surface area contributed by atoms with Crippen molar-refractivity contribution >= 4 is 5.97 Å². The lowest BCUT2D eigenvalue weighted by Gasteiger charge is -2.20. The molecule has 0 aromatic heterocycles. The van der Waals surface area contributed by atoms with Crippen LogP contribution in [-0.2, 0) is 9.53 Å². The molecule has 1 aliphatic heterocycles. The maximum atomic E-state index is 11.4. The lowest BCUT2D eigenvalue weighted by atomic mass is 9.93. The van der Waals surface area contributed by atoms with Crippen molar-refractivity contribution in [3.05, 3.63) is 35.6 Å². The van der Waals surface area contributed by atoms with Crippen LogP contribution in [0.25, 0.3) is 0 Å². The van der Waals surface area contributed by atoms with E-state index in [0.29, 0.717) is 0 Å². The van der Waals surface area contributed by atoms with E-state index in [9.17, 15) is 4.79 Å². The Bertz CT molecular complexity index is 321. The minimum Gasteiger partial charge on any atom is -0.428 e. The molecule has 2 rings (SSSR count). The van der Waals surface area contributed by atoms with Crippen molar-refractivity contribution in [3.63, 3.8) is 0 Å². The molecule has 82 valence electrons. The summed E-state index contributed by atoms with van der Waals surface area (Å²) in [6, 6.07) is 0. The van der Waals surface area contributed by atoms with Gasteiger partial charge in [-0.3, -0.25) is 0 Å². The number of ether oxygens (including phenoxy) is 1. The fourth-order valence-corrected chi connectivity index (χ4v) is 1.74. The summed E-state index contributed by atoms with van der Waals surface area (Å²) < 4.78 is 5.03. The summed E-state index contributed by atoms with van der Waals surface area (Å²) in [4.78, 5) is 11.4. The van der Waals surface area contributed by atoms with Crippen LogP contribution in [0.15, 0.2) is 35.6 Å². The molecule has 15 heavy (non-hydrogen) atoms. The first-order chi connectivity index (χ1) is 7.27. The number of rotatable bonds is 0. The van der Waals surface area contributed by atoms with Crippen LogP contribution in [0.3, 0.4) is 0 Å². The predicted molar refractivity (Wildman–Crippen MR) is 61.1 cm³/mol. The lowest BCUT2D eigenvalue weighted by molar-refractivity contribution is -0.136. The summed E-state index contributed by atoms with van der Waals surface area (Å²) in [7, 11) is 0. The van der Waals surface area contributed by atoms with Crippen LogP contribution in [0.1, 0.15) is 33.6 Å². The lowest BCUT2D eigenvalue weighted by Crippen LogP contribution is -2.19. The van der Waals surface area contributed by atoms with E-state index < -0.39 is 0 Å². The highest BCUT2D eigenvalue weighted by molar-refractivity contribution is 5.91. The molecule has 0 N–H and O–H groups in total. The fraction of sp³-hybridized carbons (Fsp3) is 0.462. The van der Waals surface area contributed by atoms with E-state index in [1.807, 2.05) is 39.0 Å². The fourth-order valence-electron chi connectivity index (χ4n) is 1.74. The molecule has 2 heteroatoms. The second kappa shape index (κ2) is 5.54. The molecule has 0 spiro atoms. The zero-order valence-electron chi connectivity index (χ0n) is 9.62. The van der Waals surface area contributed by atoms with Crippen molar-refractivity contribution in [2.75, 3.05) is 0 Å². The van der Waals surface area contributed by atoms with Crippen LogP contribution in [-0.4, -0.2) is 5.97 Å². The monoisotopic (exact) mass is 206 g/mol. The topological polar surface area (TPSA) is 26.3 Å². The Morgan fingerprint density at radius 3 is 2.87 bits per heavy atom. The molecule has 2 aliphatic rings. The zero-order valence-corrected chi connectivity index (χ0v) is 9.62. The van der Waals surface area contributed by atoms with Crippen molar-refractivity contribution in [1.82, 2.24) is 0 Å². The average Bonchev–Trinajstić information content (AvgIpc) is 2.46. The Kier molecular flexibility index (Phi) is 4.35. The summed E-state index contributed by atoms with van der Waals surface area (Å²) in [6.07, 6.45) is 9.95. The van der Waals surface area contributed by atoms with Crippen molar-refractivity contribution in [3.8, 4) is 0 Å². The molecule has 0 bridgehead atoms. The van der Waals surface area contributed by atoms with Gasteiger partial charge in [-0.15, -0.1) is 0 Å². The number of carbonyl (C=O) groups is 1. The minimum atomic E-state index is -0.184. The first-order valence-corrected chi connectivity index (χ1v) is 5.54. The van der Waals surface area contributed by atoms with Crippen molar-refractivity contribution in [2.45, 2.75) is 33.6 Å². The van der Waals surface area contributed by atoms with Crippen LogP contribution in [0.4, 0.5) is 0 Å². The zero-order chi connectivity index (χ0) is 11.3. The Morgan fingerprint density at radius 2 is 2.13 bits per heavy atom. The first kappa shape index (κ1) is 11.8. The molecular formula is C13H18O2. The second-order valence-corrected chi connectivity index (χ2v) is 3.40. The van der Waals surface area contributed by atoms with Gasteiger partial charge >= 0.3 is 5.97 Å². The van der Waals surface area contributed by atoms with Gasteiger partial charge in [0.15, 0.2) is 0 Å². The normalized spacial score (nSPS) is 23.7. The van der Waals surface area contributed by atoms with Crippen molar-refractivity contribution in [2.24, 2.45) is 5.92 Å². The molecule has 1 unspecified atom stereocenters. The van der Waals surface area contributed by atoms with E-state index >= 15 is 0 Å². The van der Waals surface area contributed by atoms with E-state index in [1.54, 1.807) is 0 Å². The van der Waals surface area contributed by atoms with Crippen LogP contribution in [0.2, 0.25) is 0 Å². The molecule has 0 fully saturated rings. The maximum absolute atomic E-state index is 11.4. The molecule has 2 nitrogen and oxygen atoms in total. The average molecular weight is 206 g/mol. The van der Waals surface area contributed by atoms with Crippen LogP contribution >= 0.6 is 0 Å². The molecule has 1 aliphatic carbocycles. The van der Waals surface area contributed by atoms with E-state index in [0.717, 1.165) is 24.2 Å². The standard InChI is InChI=1S/C11H12O2.C2H6/c1-8-7-9-5-3-2-4-6-10(9)11(12)13-8;1-2/h2,4,6-7,9H,3,5H2,1H3;1-2H3. The van der Waals surface area contributed by atoms with Crippen molar-refractivity contribution in [1.29, 1.82) is 0 Å². The number of allylic oxidation sites excluding steroid dienone is 5. The summed E-state index contributed by atoms with van der Waals surface area (Å²) in [5.74, 6) is 0.807. The molecule has 0 radical (unpaired) electrons. The van der Waals surface area contributed by atoms with Gasteiger partial charge in [0.25, 0.3) is 0 Å². The molecule has 1 atom stereocenters. The summed E-state index contributed by atoms with van der Waals surface area (Å²) in [6.45, 7) is 5.83. The van der Waals surface area contributed by atoms with Gasteiger partial charge in [-0.25, -0.2) is 4.79 Å². The maximum Gasteiger partial charge on any atom is 0.339 e. The van der Waals surface area contributed by atoms with E-state index in [4.69, 9.17) is 4.74 Å². The quantitative estimate of drug-likeness (QED) is 0.568. The number of hydrogen-bond acceptors (Lipinski definition) is 2. The predicted octanol–water partition coefficient (Wildman–Crippen LogP) is 3.37. The van der Waals surface area contributed by atoms with E-state index in [-0.39, 0.29) is 11.9 Å². The Morgan fingerprint density at radius 1 is 1.40 bits per heavy atom. The largest absolute Gasteiger partial charge is 0.428 e. The second-order valence-electron chi connectivity index (χ2n) is 3.40. The Hall–Kier alpha value is -1.31. The first-order valence-electron chi connectivity index (χ1n) is 5.54. The third kappa shape index (κ3) is 2.82. The number of hydrogen-bond donors (Lipinski definition) is 0. The van der Waals surface area contributed by atoms with E-state index in [1.165, 1.54) is 0 Å². The number of fused-ring (bicyclic) bond motifs is 1. The van der Waals surface area contributed by atoms with Crippen LogP contribution in [0.5, 0.6) is 0 Å². The third-order valence-corrected chi connectivity index (χ3v) is 2.38. The number of cyclic esters (lactones) is 1. The SMILES string of the molecule is CC.CC1=CC2CCC=CC=C2C(=O)O1. The highest BCUT2D eigenvalue weighted by Crippen LogP contribution is 2.28. The Balaban J connectivity index is 0.000000531. The van der Waals surface area contributed by atoms with Crippen LogP contribution < -0.4 is 0 Å². The Labute approximate surface area is 91.3 Å². The van der Waals surface area contributed by atoms with Crippen LogP contribution in [0, 0.1) is 5.92 Å². The third-order valence-electron chi connectivity index (χ3n) is 2.38. The molecule has 0 aromatic carbocycles. The smallest absolute Gasteiger partial charge is 0.339 e. The summed E-state index contributed by atoms with van der Waals surface area (Å²) in [5.41, 5.74) is 0.791. The molecule has 1 heterocycles. The highest BCUT2D eigenvalue weighted by Gasteiger charge is 2.25. The van der Waals surface area contributed by atoms with Gasteiger partial charge in [0.1, 0.15) is 5.76 Å². The molecule has 0 aromatic rings. The van der Waals surface area contributed by atoms with Gasteiger partial charge in [-0.1, -0.05) is 32.1 Å². The van der Waals surface area contributed by atoms with Gasteiger partial charge < -0.3 is 4.74 Å². The molecule has 0 saturated carbocycles. The molecule has 0 saturated heterocycles. The highest BCUT2D eigenvalue weighted by atomic mass is 16.5. The van der Waals surface area contributed by atoms with Gasteiger partial charge in [-0.05, 0) is 25.8 Å². The minimum absolute atomic E-state index is 0.184. The summed E-state index contributed by atoms with van der Waals surface area (Å²) >= 11 is 0. The van der Waals surface area contributed by atoms with E-state index in [2.05, 4.69) is 6.08 Å². The summed E-state index contributed by atoms with van der Waals surface area (Å²) in [5, 5.41) is 0. The van der Waals surface area contributed by atoms with Crippen molar-refractivity contribution < 1.29 is 9.53 Å². The molecule has 0 amide bonds. The number of esters is 1. The van der Waals surface area contributed by atoms with Gasteiger partial charge in [0.05, 0.1) is 0 Å². The van der Waals surface area contributed by atoms with Gasteiger partial charge in [-0.2, -0.15) is 0 Å². The molecular weight excluding hydrogens is 188 g/mol. The number of carbonyl (C=O) groups excluding carboxylic acids is 1.